The molecule has 1 N–H and O–H groups in total. The number of carbonyl (C=O) groups is 1. The number of halogens is 2. The second-order valence-corrected chi connectivity index (χ2v) is 7.15. The van der Waals surface area contributed by atoms with Crippen molar-refractivity contribution in [2.75, 3.05) is 16.8 Å². The first-order chi connectivity index (χ1) is 13.0. The summed E-state index contributed by atoms with van der Waals surface area (Å²) in [4.78, 5) is 23.6. The summed E-state index contributed by atoms with van der Waals surface area (Å²) in [5, 5.41) is 4.06. The van der Waals surface area contributed by atoms with Gasteiger partial charge in [-0.2, -0.15) is 0 Å². The van der Waals surface area contributed by atoms with E-state index in [0.29, 0.717) is 39.6 Å². The van der Waals surface area contributed by atoms with Crippen LogP contribution in [0.4, 0.5) is 17.3 Å². The van der Waals surface area contributed by atoms with E-state index in [4.69, 9.17) is 23.2 Å². The summed E-state index contributed by atoms with van der Waals surface area (Å²) in [5.74, 6) is 0.172. The number of nitrogens with one attached hydrogen (secondary N) is 1. The van der Waals surface area contributed by atoms with Gasteiger partial charge in [0.15, 0.2) is 0 Å². The summed E-state index contributed by atoms with van der Waals surface area (Å²) in [7, 11) is 0. The van der Waals surface area contributed by atoms with Crippen LogP contribution in [0.5, 0.6) is 0 Å². The maximum atomic E-state index is 13.0. The summed E-state index contributed by atoms with van der Waals surface area (Å²) < 4.78 is 0. The lowest BCUT2D eigenvalue weighted by molar-refractivity contribution is 0.0984. The topological polar surface area (TPSA) is 58.1 Å². The van der Waals surface area contributed by atoms with Crippen molar-refractivity contribution in [1.29, 1.82) is 0 Å². The van der Waals surface area contributed by atoms with E-state index in [-0.39, 0.29) is 5.91 Å². The molecule has 0 radical (unpaired) electrons. The van der Waals surface area contributed by atoms with Crippen molar-refractivity contribution in [2.45, 2.75) is 13.3 Å². The van der Waals surface area contributed by atoms with Crippen molar-refractivity contribution in [3.8, 4) is 0 Å². The molecule has 27 heavy (non-hydrogen) atoms. The minimum Gasteiger partial charge on any atom is -0.323 e. The van der Waals surface area contributed by atoms with Crippen molar-refractivity contribution in [3.05, 3.63) is 75.5 Å². The van der Waals surface area contributed by atoms with Crippen LogP contribution in [0.25, 0.3) is 0 Å². The molecular weight excluding hydrogens is 383 g/mol. The first-order valence-electron chi connectivity index (χ1n) is 8.49. The third kappa shape index (κ3) is 3.61. The average molecular weight is 399 g/mol. The van der Waals surface area contributed by atoms with E-state index in [1.165, 1.54) is 5.56 Å². The standard InChI is InChI=1S/C20H16Cl2N4O/c1-12-10-17(19(27)26-9-8-13-4-2-3-5-18(13)26)25-20(23-12)24-16-7-6-14(21)11-15(16)22/h2-7,10-11H,8-9H2,1H3,(H,23,24,25). The fourth-order valence-electron chi connectivity index (χ4n) is 3.13. The summed E-state index contributed by atoms with van der Waals surface area (Å²) >= 11 is 12.1. The molecule has 1 aliphatic heterocycles. The fraction of sp³-hybridized carbons (Fsp3) is 0.150. The van der Waals surface area contributed by atoms with Gasteiger partial charge in [0.25, 0.3) is 5.91 Å². The van der Waals surface area contributed by atoms with Crippen molar-refractivity contribution >= 4 is 46.4 Å². The number of hydrogen-bond acceptors (Lipinski definition) is 4. The van der Waals surface area contributed by atoms with Gasteiger partial charge in [-0.25, -0.2) is 9.97 Å². The number of benzene rings is 2. The lowest BCUT2D eigenvalue weighted by Gasteiger charge is -2.17. The van der Waals surface area contributed by atoms with Crippen LogP contribution in [0.3, 0.4) is 0 Å². The third-order valence-electron chi connectivity index (χ3n) is 4.38. The molecule has 1 aliphatic rings. The molecule has 0 saturated carbocycles. The first kappa shape index (κ1) is 17.8. The Morgan fingerprint density at radius 1 is 1.11 bits per heavy atom. The largest absolute Gasteiger partial charge is 0.323 e. The molecule has 2 aromatic carbocycles. The zero-order valence-corrected chi connectivity index (χ0v) is 16.1. The average Bonchev–Trinajstić information content (AvgIpc) is 3.07. The first-order valence-corrected chi connectivity index (χ1v) is 9.24. The van der Waals surface area contributed by atoms with E-state index in [1.807, 2.05) is 31.2 Å². The van der Waals surface area contributed by atoms with Crippen molar-refractivity contribution in [1.82, 2.24) is 9.97 Å². The van der Waals surface area contributed by atoms with Crippen LogP contribution in [0.2, 0.25) is 10.0 Å². The Bertz CT molecular complexity index is 1040. The Balaban J connectivity index is 1.64. The van der Waals surface area contributed by atoms with Crippen LogP contribution in [0.1, 0.15) is 21.7 Å². The summed E-state index contributed by atoms with van der Waals surface area (Å²) in [6.45, 7) is 2.47. The van der Waals surface area contributed by atoms with Gasteiger partial charge in [0.1, 0.15) is 5.69 Å². The van der Waals surface area contributed by atoms with Gasteiger partial charge in [-0.1, -0.05) is 41.4 Å². The highest BCUT2D eigenvalue weighted by atomic mass is 35.5. The number of carbonyl (C=O) groups excluding carboxylic acids is 1. The monoisotopic (exact) mass is 398 g/mol. The molecule has 0 fully saturated rings. The maximum Gasteiger partial charge on any atom is 0.277 e. The quantitative estimate of drug-likeness (QED) is 0.671. The molecule has 0 saturated heterocycles. The second-order valence-electron chi connectivity index (χ2n) is 6.30. The molecule has 0 atom stereocenters. The summed E-state index contributed by atoms with van der Waals surface area (Å²) in [6.07, 6.45) is 0.845. The predicted octanol–water partition coefficient (Wildman–Crippen LogP) is 5.04. The van der Waals surface area contributed by atoms with Gasteiger partial charge in [0, 0.05) is 22.9 Å². The molecule has 0 bridgehead atoms. The molecule has 136 valence electrons. The number of fused-ring (bicyclic) bond motifs is 1. The van der Waals surface area contributed by atoms with Gasteiger partial charge in [0.05, 0.1) is 10.7 Å². The fourth-order valence-corrected chi connectivity index (χ4v) is 3.59. The second kappa shape index (κ2) is 7.18. The van der Waals surface area contributed by atoms with E-state index in [9.17, 15) is 4.79 Å². The Labute approximate surface area is 167 Å². The predicted molar refractivity (Wildman–Crippen MR) is 108 cm³/mol. The molecule has 0 aliphatic carbocycles. The highest BCUT2D eigenvalue weighted by molar-refractivity contribution is 6.36. The zero-order chi connectivity index (χ0) is 19.0. The van der Waals surface area contributed by atoms with Gasteiger partial charge in [-0.3, -0.25) is 4.79 Å². The normalized spacial score (nSPS) is 12.8. The van der Waals surface area contributed by atoms with E-state index >= 15 is 0 Å². The molecule has 1 aromatic heterocycles. The number of para-hydroxylation sites is 1. The minimum atomic E-state index is -0.143. The third-order valence-corrected chi connectivity index (χ3v) is 4.93. The van der Waals surface area contributed by atoms with E-state index < -0.39 is 0 Å². The Morgan fingerprint density at radius 3 is 2.74 bits per heavy atom. The van der Waals surface area contributed by atoms with Crippen molar-refractivity contribution in [2.24, 2.45) is 0 Å². The van der Waals surface area contributed by atoms with Gasteiger partial charge in [-0.05, 0) is 49.2 Å². The van der Waals surface area contributed by atoms with Crippen LogP contribution in [0, 0.1) is 6.92 Å². The van der Waals surface area contributed by atoms with Crippen LogP contribution < -0.4 is 10.2 Å². The number of nitrogens with zero attached hydrogens (tertiary/aromatic N) is 3. The Kier molecular flexibility index (Phi) is 4.72. The van der Waals surface area contributed by atoms with Crippen LogP contribution in [0.15, 0.2) is 48.5 Å². The number of aryl methyl sites for hydroxylation is 1. The molecule has 3 aromatic rings. The molecule has 7 heteroatoms. The summed E-state index contributed by atoms with van der Waals surface area (Å²) in [6, 6.07) is 14.7. The number of anilines is 3. The molecule has 5 nitrogen and oxygen atoms in total. The van der Waals surface area contributed by atoms with Crippen molar-refractivity contribution < 1.29 is 4.79 Å². The lowest BCUT2D eigenvalue weighted by atomic mass is 10.2. The number of hydrogen-bond donors (Lipinski definition) is 1. The lowest BCUT2D eigenvalue weighted by Crippen LogP contribution is -2.30. The van der Waals surface area contributed by atoms with Gasteiger partial charge < -0.3 is 10.2 Å². The number of rotatable bonds is 3. The smallest absolute Gasteiger partial charge is 0.277 e. The summed E-state index contributed by atoms with van der Waals surface area (Å²) in [5.41, 5.74) is 3.76. The van der Waals surface area contributed by atoms with Crippen molar-refractivity contribution in [3.63, 3.8) is 0 Å². The van der Waals surface area contributed by atoms with Crippen LogP contribution >= 0.6 is 23.2 Å². The highest BCUT2D eigenvalue weighted by Crippen LogP contribution is 2.30. The molecule has 0 unspecified atom stereocenters. The maximum absolute atomic E-state index is 13.0. The minimum absolute atomic E-state index is 0.143. The molecular formula is C20H16Cl2N4O. The van der Waals surface area contributed by atoms with Crippen LogP contribution in [-0.4, -0.2) is 22.4 Å². The number of aromatic nitrogens is 2. The Morgan fingerprint density at radius 2 is 1.93 bits per heavy atom. The molecule has 4 rings (SSSR count). The van der Waals surface area contributed by atoms with Crippen LogP contribution in [-0.2, 0) is 6.42 Å². The number of amides is 1. The zero-order valence-electron chi connectivity index (χ0n) is 14.5. The van der Waals surface area contributed by atoms with E-state index in [1.54, 1.807) is 29.2 Å². The van der Waals surface area contributed by atoms with Gasteiger partial charge in [0.2, 0.25) is 5.95 Å². The SMILES string of the molecule is Cc1cc(C(=O)N2CCc3ccccc32)nc(Nc2ccc(Cl)cc2Cl)n1. The van der Waals surface area contributed by atoms with E-state index in [2.05, 4.69) is 15.3 Å². The molecule has 1 amide bonds. The van der Waals surface area contributed by atoms with E-state index in [0.717, 1.165) is 12.1 Å². The molecule has 0 spiro atoms. The Hall–Kier alpha value is -2.63. The van der Waals surface area contributed by atoms with Gasteiger partial charge >= 0.3 is 0 Å². The molecule has 2 heterocycles. The highest BCUT2D eigenvalue weighted by Gasteiger charge is 2.26. The van der Waals surface area contributed by atoms with Gasteiger partial charge in [-0.15, -0.1) is 0 Å².